The van der Waals surface area contributed by atoms with Gasteiger partial charge in [0.1, 0.15) is 0 Å². The summed E-state index contributed by atoms with van der Waals surface area (Å²) in [5.41, 5.74) is 1.59. The summed E-state index contributed by atoms with van der Waals surface area (Å²) in [5.74, 6) is -0.126. The zero-order valence-electron chi connectivity index (χ0n) is 16.0. The summed E-state index contributed by atoms with van der Waals surface area (Å²) >= 11 is 12.0. The van der Waals surface area contributed by atoms with Crippen LogP contribution < -0.4 is 10.6 Å². The van der Waals surface area contributed by atoms with Crippen LogP contribution in [0.5, 0.6) is 0 Å². The Bertz CT molecular complexity index is 840. The van der Waals surface area contributed by atoms with Gasteiger partial charge >= 0.3 is 0 Å². The van der Waals surface area contributed by atoms with Crippen LogP contribution in [0.15, 0.2) is 48.5 Å². The molecule has 0 saturated carbocycles. The third kappa shape index (κ3) is 7.01. The summed E-state index contributed by atoms with van der Waals surface area (Å²) in [6, 6.07) is 14.8. The van der Waals surface area contributed by atoms with E-state index in [1.807, 2.05) is 30.3 Å². The van der Waals surface area contributed by atoms with Gasteiger partial charge in [-0.1, -0.05) is 53.5 Å². The fraction of sp³-hybridized carbons (Fsp3) is 0.333. The number of rotatable bonds is 7. The van der Waals surface area contributed by atoms with Crippen molar-refractivity contribution < 1.29 is 9.59 Å². The van der Waals surface area contributed by atoms with Gasteiger partial charge in [0.2, 0.25) is 11.8 Å². The minimum atomic E-state index is -0.136. The molecule has 0 radical (unpaired) electrons. The van der Waals surface area contributed by atoms with E-state index in [1.54, 1.807) is 18.2 Å². The highest BCUT2D eigenvalue weighted by Crippen LogP contribution is 2.25. The van der Waals surface area contributed by atoms with E-state index in [4.69, 9.17) is 23.2 Å². The number of anilines is 1. The highest BCUT2D eigenvalue weighted by Gasteiger charge is 2.21. The molecule has 1 saturated heterocycles. The molecule has 0 atom stereocenters. The molecule has 1 heterocycles. The van der Waals surface area contributed by atoms with Crippen LogP contribution in [0.1, 0.15) is 5.56 Å². The van der Waals surface area contributed by atoms with Crippen LogP contribution in [0.3, 0.4) is 0 Å². The van der Waals surface area contributed by atoms with Gasteiger partial charge in [-0.25, -0.2) is 0 Å². The number of piperazine rings is 1. The first-order valence-electron chi connectivity index (χ1n) is 9.50. The molecule has 1 fully saturated rings. The van der Waals surface area contributed by atoms with Gasteiger partial charge in [0.15, 0.2) is 0 Å². The number of amides is 2. The van der Waals surface area contributed by atoms with Gasteiger partial charge in [-0.05, 0) is 23.8 Å². The Morgan fingerprint density at radius 2 is 1.48 bits per heavy atom. The number of carbonyl (C=O) groups is 2. The number of carbonyl (C=O) groups excluding carboxylic acids is 2. The summed E-state index contributed by atoms with van der Waals surface area (Å²) in [4.78, 5) is 28.6. The van der Waals surface area contributed by atoms with Crippen LogP contribution in [-0.2, 0) is 16.1 Å². The van der Waals surface area contributed by atoms with Crippen LogP contribution in [0.25, 0.3) is 0 Å². The number of nitrogens with one attached hydrogen (secondary N) is 2. The van der Waals surface area contributed by atoms with Crippen molar-refractivity contribution in [1.82, 2.24) is 15.1 Å². The molecule has 0 unspecified atom stereocenters. The minimum Gasteiger partial charge on any atom is -0.351 e. The van der Waals surface area contributed by atoms with Crippen molar-refractivity contribution in [2.45, 2.75) is 6.54 Å². The van der Waals surface area contributed by atoms with E-state index in [0.717, 1.165) is 31.7 Å². The maximum absolute atomic E-state index is 12.3. The molecule has 0 spiro atoms. The fourth-order valence-electron chi connectivity index (χ4n) is 3.15. The molecular weight excluding hydrogens is 411 g/mol. The predicted octanol–water partition coefficient (Wildman–Crippen LogP) is 2.87. The quantitative estimate of drug-likeness (QED) is 0.702. The normalized spacial score (nSPS) is 15.1. The van der Waals surface area contributed by atoms with Crippen LogP contribution in [0, 0.1) is 0 Å². The molecule has 6 nitrogen and oxygen atoms in total. The lowest BCUT2D eigenvalue weighted by Crippen LogP contribution is -2.50. The second-order valence-corrected chi connectivity index (χ2v) is 7.83. The second-order valence-electron chi connectivity index (χ2n) is 6.99. The molecule has 8 heteroatoms. The number of hydrogen-bond donors (Lipinski definition) is 2. The lowest BCUT2D eigenvalue weighted by molar-refractivity contribution is -0.123. The maximum Gasteiger partial charge on any atom is 0.238 e. The SMILES string of the molecule is O=C(CN1CCN(CC(=O)Nc2cc(Cl)ccc2Cl)CC1)NCc1ccccc1. The molecule has 2 aromatic rings. The van der Waals surface area contributed by atoms with Crippen LogP contribution >= 0.6 is 23.2 Å². The van der Waals surface area contributed by atoms with Gasteiger partial charge in [0.05, 0.1) is 23.8 Å². The maximum atomic E-state index is 12.3. The molecule has 0 bridgehead atoms. The Hall–Kier alpha value is -2.12. The van der Waals surface area contributed by atoms with E-state index >= 15 is 0 Å². The van der Waals surface area contributed by atoms with Gasteiger partial charge in [-0.3, -0.25) is 19.4 Å². The van der Waals surface area contributed by atoms with Gasteiger partial charge < -0.3 is 10.6 Å². The average molecular weight is 435 g/mol. The topological polar surface area (TPSA) is 64.7 Å². The molecule has 29 heavy (non-hydrogen) atoms. The second kappa shape index (κ2) is 10.6. The lowest BCUT2D eigenvalue weighted by atomic mass is 10.2. The summed E-state index contributed by atoms with van der Waals surface area (Å²) in [5, 5.41) is 6.71. The van der Waals surface area contributed by atoms with Gasteiger partial charge in [-0.15, -0.1) is 0 Å². The number of hydrogen-bond acceptors (Lipinski definition) is 4. The molecule has 3 rings (SSSR count). The van der Waals surface area contributed by atoms with Crippen molar-refractivity contribution in [3.05, 3.63) is 64.1 Å². The van der Waals surface area contributed by atoms with Crippen molar-refractivity contribution in [2.24, 2.45) is 0 Å². The van der Waals surface area contributed by atoms with E-state index < -0.39 is 0 Å². The molecule has 154 valence electrons. The largest absolute Gasteiger partial charge is 0.351 e. The first kappa shape index (κ1) is 21.6. The zero-order valence-corrected chi connectivity index (χ0v) is 17.5. The van der Waals surface area contributed by atoms with Crippen molar-refractivity contribution in [1.29, 1.82) is 0 Å². The number of nitrogens with zero attached hydrogens (tertiary/aromatic N) is 2. The Balaban J connectivity index is 1.37. The predicted molar refractivity (Wildman–Crippen MR) is 116 cm³/mol. The zero-order chi connectivity index (χ0) is 20.6. The van der Waals surface area contributed by atoms with Crippen LogP contribution in [0.2, 0.25) is 10.0 Å². The standard InChI is InChI=1S/C21H24Cl2N4O2/c22-17-6-7-18(23)19(12-17)25-21(29)15-27-10-8-26(9-11-27)14-20(28)24-13-16-4-2-1-3-5-16/h1-7,12H,8-11,13-15H2,(H,24,28)(H,25,29). The molecular formula is C21H24Cl2N4O2. The van der Waals surface area contributed by atoms with Crippen LogP contribution in [0.4, 0.5) is 5.69 Å². The summed E-state index contributed by atoms with van der Waals surface area (Å²) in [6.45, 7) is 4.10. The molecule has 2 aromatic carbocycles. The van der Waals surface area contributed by atoms with Gasteiger partial charge in [-0.2, -0.15) is 0 Å². The van der Waals surface area contributed by atoms with E-state index in [1.165, 1.54) is 0 Å². The molecule has 2 N–H and O–H groups in total. The Labute approximate surface area is 180 Å². The van der Waals surface area contributed by atoms with Crippen molar-refractivity contribution in [3.63, 3.8) is 0 Å². The van der Waals surface area contributed by atoms with Gasteiger partial charge in [0, 0.05) is 37.7 Å². The Morgan fingerprint density at radius 3 is 2.14 bits per heavy atom. The summed E-state index contributed by atoms with van der Waals surface area (Å²) in [6.07, 6.45) is 0. The number of benzene rings is 2. The van der Waals surface area contributed by atoms with E-state index in [2.05, 4.69) is 20.4 Å². The van der Waals surface area contributed by atoms with E-state index in [-0.39, 0.29) is 18.4 Å². The molecule has 0 aromatic heterocycles. The third-order valence-electron chi connectivity index (χ3n) is 4.73. The molecule has 2 amide bonds. The molecule has 0 aliphatic carbocycles. The molecule has 1 aliphatic rings. The van der Waals surface area contributed by atoms with Gasteiger partial charge in [0.25, 0.3) is 0 Å². The third-order valence-corrected chi connectivity index (χ3v) is 5.30. The van der Waals surface area contributed by atoms with Crippen molar-refractivity contribution in [3.8, 4) is 0 Å². The smallest absolute Gasteiger partial charge is 0.238 e. The summed E-state index contributed by atoms with van der Waals surface area (Å²) < 4.78 is 0. The molecule has 1 aliphatic heterocycles. The van der Waals surface area contributed by atoms with Crippen LogP contribution in [-0.4, -0.2) is 60.9 Å². The highest BCUT2D eigenvalue weighted by molar-refractivity contribution is 6.35. The van der Waals surface area contributed by atoms with E-state index in [9.17, 15) is 9.59 Å². The summed E-state index contributed by atoms with van der Waals surface area (Å²) in [7, 11) is 0. The van der Waals surface area contributed by atoms with Crippen molar-refractivity contribution in [2.75, 3.05) is 44.6 Å². The first-order valence-corrected chi connectivity index (χ1v) is 10.3. The Kier molecular flexibility index (Phi) is 7.89. The van der Waals surface area contributed by atoms with E-state index in [0.29, 0.717) is 28.8 Å². The number of halogens is 2. The van der Waals surface area contributed by atoms with Crippen molar-refractivity contribution >= 4 is 40.7 Å². The Morgan fingerprint density at radius 1 is 0.862 bits per heavy atom. The average Bonchev–Trinajstić information content (AvgIpc) is 2.71. The first-order chi connectivity index (χ1) is 14.0. The minimum absolute atomic E-state index is 0.00986. The lowest BCUT2D eigenvalue weighted by Gasteiger charge is -2.33. The fourth-order valence-corrected chi connectivity index (χ4v) is 3.48. The monoisotopic (exact) mass is 434 g/mol. The highest BCUT2D eigenvalue weighted by atomic mass is 35.5.